The van der Waals surface area contributed by atoms with Crippen LogP contribution >= 0.6 is 0 Å². The summed E-state index contributed by atoms with van der Waals surface area (Å²) in [4.78, 5) is 24.6. The number of hydrogen-bond acceptors (Lipinski definition) is 3. The highest BCUT2D eigenvalue weighted by molar-refractivity contribution is 6.05. The van der Waals surface area contributed by atoms with Crippen molar-refractivity contribution >= 4 is 34.2 Å². The number of anilines is 2. The fraction of sp³-hybridized carbons (Fsp3) is 0.200. The highest BCUT2D eigenvalue weighted by Gasteiger charge is 2.42. The Morgan fingerprint density at radius 1 is 1.11 bits per heavy atom. The number of benzene rings is 2. The molecule has 0 atom stereocenters. The number of amides is 2. The summed E-state index contributed by atoms with van der Waals surface area (Å²) in [5.41, 5.74) is 1.59. The molecule has 0 unspecified atom stereocenters. The predicted molar refractivity (Wildman–Crippen MR) is 99.4 cm³/mol. The van der Waals surface area contributed by atoms with E-state index in [2.05, 4.69) is 5.32 Å². The van der Waals surface area contributed by atoms with Gasteiger partial charge in [-0.15, -0.1) is 0 Å². The third-order valence-corrected chi connectivity index (χ3v) is 4.22. The lowest BCUT2D eigenvalue weighted by molar-refractivity contribution is -0.170. The third kappa shape index (κ3) is 3.85. The van der Waals surface area contributed by atoms with E-state index in [1.807, 2.05) is 12.1 Å². The van der Waals surface area contributed by atoms with Gasteiger partial charge in [-0.25, -0.2) is 0 Å². The summed E-state index contributed by atoms with van der Waals surface area (Å²) in [5.74, 6) is -2.30. The molecule has 3 aromatic rings. The van der Waals surface area contributed by atoms with Crippen molar-refractivity contribution in [2.75, 3.05) is 16.8 Å². The number of carbonyl (C=O) groups is 2. The van der Waals surface area contributed by atoms with E-state index in [0.29, 0.717) is 21.7 Å². The molecule has 3 rings (SSSR count). The quantitative estimate of drug-likeness (QED) is 0.689. The minimum absolute atomic E-state index is 0.101. The molecule has 0 bridgehead atoms. The molecule has 5 nitrogen and oxygen atoms in total. The van der Waals surface area contributed by atoms with Crippen LogP contribution in [0.3, 0.4) is 0 Å². The maximum atomic E-state index is 12.7. The van der Waals surface area contributed by atoms with Crippen LogP contribution in [0.2, 0.25) is 0 Å². The van der Waals surface area contributed by atoms with Crippen LogP contribution in [-0.2, 0) is 4.79 Å². The number of aryl methyl sites for hydroxylation is 1. The van der Waals surface area contributed by atoms with Crippen LogP contribution in [0, 0.1) is 6.92 Å². The highest BCUT2D eigenvalue weighted by atomic mass is 19.4. The van der Waals surface area contributed by atoms with Gasteiger partial charge in [0.05, 0.1) is 0 Å². The molecule has 0 radical (unpaired) electrons. The van der Waals surface area contributed by atoms with Gasteiger partial charge in [-0.3, -0.25) is 9.59 Å². The van der Waals surface area contributed by atoms with Crippen LogP contribution in [0.25, 0.3) is 11.0 Å². The number of nitrogens with zero attached hydrogens (tertiary/aromatic N) is 1. The second-order valence-corrected chi connectivity index (χ2v) is 6.15. The standard InChI is InChI=1S/C20H17F3N2O3/c1-3-25(19(27)20(21,22)23)14-8-9-15(12(2)10-14)24-18(26)17-11-13-6-4-5-7-16(13)28-17/h4-11H,3H2,1-2H3,(H,24,26). The molecule has 1 heterocycles. The molecule has 2 aromatic carbocycles. The van der Waals surface area contributed by atoms with Crippen molar-refractivity contribution in [3.05, 3.63) is 59.9 Å². The molecule has 8 heteroatoms. The SMILES string of the molecule is CCN(C(=O)C(F)(F)F)c1ccc(NC(=O)c2cc3ccccc3o2)c(C)c1. The van der Waals surface area contributed by atoms with Gasteiger partial charge in [-0.05, 0) is 49.7 Å². The fourth-order valence-electron chi connectivity index (χ4n) is 2.83. The number of para-hydroxylation sites is 1. The molecular formula is C20H17F3N2O3. The Morgan fingerprint density at radius 2 is 1.82 bits per heavy atom. The first kappa shape index (κ1) is 19.5. The Bertz CT molecular complexity index is 1010. The average molecular weight is 390 g/mol. The molecule has 28 heavy (non-hydrogen) atoms. The minimum Gasteiger partial charge on any atom is -0.451 e. The maximum absolute atomic E-state index is 12.7. The zero-order valence-electron chi connectivity index (χ0n) is 15.1. The summed E-state index contributed by atoms with van der Waals surface area (Å²) in [7, 11) is 0. The lowest BCUT2D eigenvalue weighted by atomic mass is 10.1. The molecule has 1 N–H and O–H groups in total. The number of furan rings is 1. The largest absolute Gasteiger partial charge is 0.471 e. The van der Waals surface area contributed by atoms with E-state index in [1.54, 1.807) is 25.1 Å². The van der Waals surface area contributed by atoms with E-state index >= 15 is 0 Å². The van der Waals surface area contributed by atoms with Gasteiger partial charge in [0.25, 0.3) is 5.91 Å². The summed E-state index contributed by atoms with van der Waals surface area (Å²) < 4.78 is 43.7. The Balaban J connectivity index is 1.82. The van der Waals surface area contributed by atoms with Gasteiger partial charge >= 0.3 is 12.1 Å². The van der Waals surface area contributed by atoms with E-state index < -0.39 is 18.0 Å². The van der Waals surface area contributed by atoms with Gasteiger partial charge in [-0.1, -0.05) is 18.2 Å². The Morgan fingerprint density at radius 3 is 2.43 bits per heavy atom. The smallest absolute Gasteiger partial charge is 0.451 e. The normalized spacial score (nSPS) is 11.5. The summed E-state index contributed by atoms with van der Waals surface area (Å²) in [5, 5.41) is 3.45. The zero-order chi connectivity index (χ0) is 20.5. The van der Waals surface area contributed by atoms with Crippen LogP contribution in [0.4, 0.5) is 24.5 Å². The lowest BCUT2D eigenvalue weighted by Crippen LogP contribution is -2.41. The van der Waals surface area contributed by atoms with Crippen LogP contribution in [-0.4, -0.2) is 24.5 Å². The molecule has 0 saturated heterocycles. The van der Waals surface area contributed by atoms with Crippen molar-refractivity contribution in [1.29, 1.82) is 0 Å². The van der Waals surface area contributed by atoms with E-state index in [4.69, 9.17) is 4.42 Å². The van der Waals surface area contributed by atoms with Crippen molar-refractivity contribution in [3.63, 3.8) is 0 Å². The molecule has 2 amide bonds. The number of rotatable bonds is 4. The molecular weight excluding hydrogens is 373 g/mol. The second-order valence-electron chi connectivity index (χ2n) is 6.15. The minimum atomic E-state index is -4.96. The Kier molecular flexibility index (Phi) is 5.13. The molecule has 0 aliphatic heterocycles. The highest BCUT2D eigenvalue weighted by Crippen LogP contribution is 2.28. The van der Waals surface area contributed by atoms with Gasteiger partial charge in [0, 0.05) is 23.3 Å². The molecule has 0 aliphatic carbocycles. The number of nitrogens with one attached hydrogen (secondary N) is 1. The fourth-order valence-corrected chi connectivity index (χ4v) is 2.83. The number of fused-ring (bicyclic) bond motifs is 1. The molecule has 0 spiro atoms. The van der Waals surface area contributed by atoms with E-state index in [9.17, 15) is 22.8 Å². The third-order valence-electron chi connectivity index (χ3n) is 4.22. The van der Waals surface area contributed by atoms with Crippen molar-refractivity contribution in [1.82, 2.24) is 0 Å². The molecule has 146 valence electrons. The van der Waals surface area contributed by atoms with Crippen LogP contribution in [0.5, 0.6) is 0 Å². The van der Waals surface area contributed by atoms with Gasteiger partial charge < -0.3 is 14.6 Å². The first-order valence-electron chi connectivity index (χ1n) is 8.50. The molecule has 0 aliphatic rings. The van der Waals surface area contributed by atoms with Gasteiger partial charge in [-0.2, -0.15) is 13.2 Å². The van der Waals surface area contributed by atoms with Crippen LogP contribution in [0.15, 0.2) is 52.9 Å². The first-order chi connectivity index (χ1) is 13.2. The summed E-state index contributed by atoms with van der Waals surface area (Å²) in [6, 6.07) is 13.0. The van der Waals surface area contributed by atoms with Crippen molar-refractivity contribution in [3.8, 4) is 0 Å². The first-order valence-corrected chi connectivity index (χ1v) is 8.50. The molecule has 0 fully saturated rings. The van der Waals surface area contributed by atoms with Crippen LogP contribution < -0.4 is 10.2 Å². The van der Waals surface area contributed by atoms with E-state index in [0.717, 1.165) is 5.39 Å². The average Bonchev–Trinajstić information content (AvgIpc) is 3.08. The van der Waals surface area contributed by atoms with Crippen LogP contribution in [0.1, 0.15) is 23.0 Å². The summed E-state index contributed by atoms with van der Waals surface area (Å²) in [6.45, 7) is 2.95. The Hall–Kier alpha value is -3.29. The Labute approximate surface area is 158 Å². The zero-order valence-corrected chi connectivity index (χ0v) is 15.1. The van der Waals surface area contributed by atoms with Gasteiger partial charge in [0.1, 0.15) is 5.58 Å². The van der Waals surface area contributed by atoms with Crippen molar-refractivity contribution in [2.24, 2.45) is 0 Å². The van der Waals surface area contributed by atoms with E-state index in [-0.39, 0.29) is 18.0 Å². The number of hydrogen-bond donors (Lipinski definition) is 1. The monoisotopic (exact) mass is 390 g/mol. The second kappa shape index (κ2) is 7.38. The molecule has 1 aromatic heterocycles. The van der Waals surface area contributed by atoms with Gasteiger partial charge in [0.2, 0.25) is 0 Å². The van der Waals surface area contributed by atoms with Gasteiger partial charge in [0.15, 0.2) is 5.76 Å². The van der Waals surface area contributed by atoms with Crippen molar-refractivity contribution < 1.29 is 27.2 Å². The van der Waals surface area contributed by atoms with Crippen molar-refractivity contribution in [2.45, 2.75) is 20.0 Å². The predicted octanol–water partition coefficient (Wildman–Crippen LogP) is 4.91. The number of halogens is 3. The molecule has 0 saturated carbocycles. The van der Waals surface area contributed by atoms with E-state index in [1.165, 1.54) is 25.1 Å². The number of alkyl halides is 3. The summed E-state index contributed by atoms with van der Waals surface area (Å²) >= 11 is 0. The lowest BCUT2D eigenvalue weighted by Gasteiger charge is -2.23. The summed E-state index contributed by atoms with van der Waals surface area (Å²) in [6.07, 6.45) is -4.96. The number of carbonyl (C=O) groups excluding carboxylic acids is 2. The maximum Gasteiger partial charge on any atom is 0.471 e. The topological polar surface area (TPSA) is 62.6 Å².